The smallest absolute Gasteiger partial charge is 0.319 e. The van der Waals surface area contributed by atoms with Crippen LogP contribution in [0.5, 0.6) is 11.9 Å². The number of aliphatic hydroxyl groups excluding tert-OH is 1. The number of pyridine rings is 1. The van der Waals surface area contributed by atoms with E-state index in [1.165, 1.54) is 38.5 Å². The number of methoxy groups -OCH3 is 1. The van der Waals surface area contributed by atoms with Crippen molar-refractivity contribution < 1.29 is 37.9 Å². The minimum Gasteiger partial charge on any atom is -0.512 e. The van der Waals surface area contributed by atoms with E-state index < -0.39 is 17.2 Å². The molecule has 5 heterocycles. The minimum absolute atomic E-state index is 0.0116. The number of halogens is 2. The molecule has 5 fully saturated rings. The molecular weight excluding hydrogens is 733 g/mol. The fourth-order valence-corrected chi connectivity index (χ4v) is 11.2. The zero-order valence-corrected chi connectivity index (χ0v) is 33.0. The molecule has 3 aliphatic heterocycles. The van der Waals surface area contributed by atoms with Crippen LogP contribution in [0.2, 0.25) is 0 Å². The van der Waals surface area contributed by atoms with Crippen molar-refractivity contribution >= 4 is 22.3 Å². The number of rotatable bonds is 8. The van der Waals surface area contributed by atoms with Gasteiger partial charge < -0.3 is 34.1 Å². The van der Waals surface area contributed by atoms with Gasteiger partial charge in [0.05, 0.1) is 45.8 Å². The number of β-amino-alcohol motifs (C(OH)–C–C–N with tert-alkyl or cyclic N) is 1. The summed E-state index contributed by atoms with van der Waals surface area (Å²) in [7, 11) is 1.43. The number of aromatic nitrogens is 3. The Labute approximate surface area is 332 Å². The Hall–Kier alpha value is -4.09. The summed E-state index contributed by atoms with van der Waals surface area (Å²) in [6.07, 6.45) is 21.1. The maximum absolute atomic E-state index is 17.5. The molecule has 1 spiro atoms. The van der Waals surface area contributed by atoms with Crippen LogP contribution in [0.1, 0.15) is 83.2 Å². The lowest BCUT2D eigenvalue weighted by Gasteiger charge is -2.58. The van der Waals surface area contributed by atoms with Crippen LogP contribution in [0.15, 0.2) is 41.0 Å². The van der Waals surface area contributed by atoms with Gasteiger partial charge in [-0.15, -0.1) is 6.42 Å². The van der Waals surface area contributed by atoms with Gasteiger partial charge in [0.15, 0.2) is 11.4 Å². The normalized spacial score (nSPS) is 33.1. The minimum atomic E-state index is -1.65. The van der Waals surface area contributed by atoms with Crippen molar-refractivity contribution in [1.29, 1.82) is 0 Å². The van der Waals surface area contributed by atoms with Crippen molar-refractivity contribution in [1.82, 2.24) is 19.9 Å². The average molecular weight is 786 g/mol. The van der Waals surface area contributed by atoms with Gasteiger partial charge in [0.2, 0.25) is 5.88 Å². The number of piperidine rings is 1. The van der Waals surface area contributed by atoms with Gasteiger partial charge in [-0.05, 0) is 93.0 Å². The first-order valence-corrected chi connectivity index (χ1v) is 20.7. The highest BCUT2D eigenvalue weighted by atomic mass is 19.1. The zero-order chi connectivity index (χ0) is 39.5. The Balaban J connectivity index is 1.12. The SMILES string of the molecule is C#C[C@@]1(O)COCCN(c2nc(OCC34CCCC3N(C3CC5(CCCOC5)C3)CCC4)nc3c(F)c(C4=C5C(CC)=C(F)C=CC5CC(O)=C4)nc(OC)c23)C1. The lowest BCUT2D eigenvalue weighted by atomic mass is 9.61. The fourth-order valence-electron chi connectivity index (χ4n) is 11.2. The van der Waals surface area contributed by atoms with Gasteiger partial charge in [-0.3, -0.25) is 4.90 Å². The maximum atomic E-state index is 17.5. The van der Waals surface area contributed by atoms with E-state index in [0.717, 1.165) is 58.3 Å². The first-order valence-electron chi connectivity index (χ1n) is 20.7. The van der Waals surface area contributed by atoms with Crippen molar-refractivity contribution in [2.75, 3.05) is 64.7 Å². The highest BCUT2D eigenvalue weighted by molar-refractivity contribution is 5.97. The number of likely N-dealkylation sites (tertiary alicyclic amines) is 1. The van der Waals surface area contributed by atoms with E-state index in [9.17, 15) is 10.2 Å². The summed E-state index contributed by atoms with van der Waals surface area (Å²) in [5.41, 5.74) is -0.393. The van der Waals surface area contributed by atoms with Gasteiger partial charge in [-0.1, -0.05) is 25.3 Å². The fraction of sp³-hybridized carbons (Fsp3) is 0.614. The predicted molar refractivity (Wildman–Crippen MR) is 211 cm³/mol. The summed E-state index contributed by atoms with van der Waals surface area (Å²) < 4.78 is 56.9. The molecule has 57 heavy (non-hydrogen) atoms. The van der Waals surface area contributed by atoms with E-state index in [4.69, 9.17) is 35.3 Å². The summed E-state index contributed by atoms with van der Waals surface area (Å²) in [6, 6.07) is 0.907. The number of aliphatic hydroxyl groups is 2. The molecule has 0 bridgehead atoms. The van der Waals surface area contributed by atoms with E-state index in [2.05, 4.69) is 15.8 Å². The number of nitrogens with zero attached hydrogens (tertiary/aromatic N) is 5. The molecule has 2 aromatic rings. The Morgan fingerprint density at radius 2 is 1.88 bits per heavy atom. The van der Waals surface area contributed by atoms with Crippen LogP contribution in [0.4, 0.5) is 14.6 Å². The average Bonchev–Trinajstić information content (AvgIpc) is 3.55. The Kier molecular flexibility index (Phi) is 10.1. The summed E-state index contributed by atoms with van der Waals surface area (Å²) in [5, 5.41) is 22.4. The molecule has 0 radical (unpaired) electrons. The molecule has 4 aliphatic carbocycles. The third kappa shape index (κ3) is 6.70. The Bertz CT molecular complexity index is 2100. The molecule has 2 N–H and O–H groups in total. The van der Waals surface area contributed by atoms with Crippen molar-refractivity contribution in [2.24, 2.45) is 16.7 Å². The number of fused-ring (bicyclic) bond motifs is 3. The molecule has 0 aromatic carbocycles. The highest BCUT2D eigenvalue weighted by Crippen LogP contribution is 2.55. The number of hydrogen-bond donors (Lipinski definition) is 2. The molecular formula is C44H53F2N5O6. The maximum Gasteiger partial charge on any atom is 0.319 e. The lowest BCUT2D eigenvalue weighted by molar-refractivity contribution is -0.125. The van der Waals surface area contributed by atoms with Crippen molar-refractivity contribution in [3.05, 3.63) is 52.5 Å². The van der Waals surface area contributed by atoms with Gasteiger partial charge in [0, 0.05) is 48.6 Å². The van der Waals surface area contributed by atoms with Crippen LogP contribution in [0.25, 0.3) is 16.5 Å². The summed E-state index contributed by atoms with van der Waals surface area (Å²) in [4.78, 5) is 18.9. The number of hydrogen-bond acceptors (Lipinski definition) is 11. The van der Waals surface area contributed by atoms with E-state index >= 15 is 8.78 Å². The van der Waals surface area contributed by atoms with Gasteiger partial charge in [-0.25, -0.2) is 13.8 Å². The first kappa shape index (κ1) is 38.4. The van der Waals surface area contributed by atoms with Crippen LogP contribution < -0.4 is 14.4 Å². The monoisotopic (exact) mass is 785 g/mol. The number of ether oxygens (including phenoxy) is 4. The summed E-state index contributed by atoms with van der Waals surface area (Å²) in [6.45, 7) is 5.42. The second-order valence-electron chi connectivity index (χ2n) is 17.4. The second kappa shape index (κ2) is 14.9. The third-order valence-corrected chi connectivity index (χ3v) is 13.9. The highest BCUT2D eigenvalue weighted by Gasteiger charge is 2.55. The van der Waals surface area contributed by atoms with Crippen LogP contribution in [-0.4, -0.2) is 108 Å². The van der Waals surface area contributed by atoms with Gasteiger partial charge >= 0.3 is 6.01 Å². The standard InChI is InChI=1S/C44H53F2N5O6/c1-4-30-32(45)11-10-27-19-29(52)20-31(34(27)30)37-36(46)38-35(40(47-37)54-3)39(50-16-18-56-26-44(53,5-2)23-50)49-41(48-38)57-25-43-13-6-9-33(43)51(15-7-14-43)28-21-42(22-28)12-8-17-55-24-42/h2,10-11,20,27-28,33,52-53H,4,6-9,12-19,21-26H2,1,3H3/t27?,28?,33?,42?,43?,44-/m0/s1. The molecule has 9 rings (SSSR count). The number of allylic oxidation sites excluding steroid dienone is 8. The second-order valence-corrected chi connectivity index (χ2v) is 17.4. The Morgan fingerprint density at radius 3 is 2.65 bits per heavy atom. The van der Waals surface area contributed by atoms with Crippen LogP contribution in [0.3, 0.4) is 0 Å². The van der Waals surface area contributed by atoms with Gasteiger partial charge in [0.1, 0.15) is 28.2 Å². The van der Waals surface area contributed by atoms with Gasteiger partial charge in [-0.2, -0.15) is 9.97 Å². The zero-order valence-electron chi connectivity index (χ0n) is 33.0. The van der Waals surface area contributed by atoms with Crippen LogP contribution in [0, 0.1) is 34.9 Å². The molecule has 304 valence electrons. The largest absolute Gasteiger partial charge is 0.512 e. The molecule has 4 atom stereocenters. The molecule has 0 amide bonds. The first-order chi connectivity index (χ1) is 27.6. The third-order valence-electron chi connectivity index (χ3n) is 13.9. The molecule has 13 heteroatoms. The number of terminal acetylenes is 1. The number of anilines is 1. The van der Waals surface area contributed by atoms with E-state index in [-0.39, 0.29) is 89.7 Å². The van der Waals surface area contributed by atoms with E-state index in [1.807, 2.05) is 6.92 Å². The molecule has 3 unspecified atom stereocenters. The molecule has 2 saturated carbocycles. The molecule has 7 aliphatic rings. The Morgan fingerprint density at radius 1 is 1.05 bits per heavy atom. The summed E-state index contributed by atoms with van der Waals surface area (Å²) in [5.74, 6) is 1.19. The quantitative estimate of drug-likeness (QED) is 0.276. The van der Waals surface area contributed by atoms with E-state index in [0.29, 0.717) is 41.7 Å². The summed E-state index contributed by atoms with van der Waals surface area (Å²) >= 11 is 0. The molecule has 3 saturated heterocycles. The van der Waals surface area contributed by atoms with Crippen molar-refractivity contribution in [3.63, 3.8) is 0 Å². The van der Waals surface area contributed by atoms with Crippen LogP contribution >= 0.6 is 0 Å². The topological polar surface area (TPSA) is 123 Å². The molecule has 2 aromatic heterocycles. The van der Waals surface area contributed by atoms with Crippen molar-refractivity contribution in [2.45, 2.75) is 95.2 Å². The van der Waals surface area contributed by atoms with E-state index in [1.54, 1.807) is 11.0 Å². The predicted octanol–water partition coefficient (Wildman–Crippen LogP) is 6.76. The molecule has 11 nitrogen and oxygen atoms in total. The van der Waals surface area contributed by atoms with Crippen LogP contribution in [-0.2, 0) is 9.47 Å². The van der Waals surface area contributed by atoms with Crippen molar-refractivity contribution in [3.8, 4) is 24.2 Å². The van der Waals surface area contributed by atoms with Gasteiger partial charge in [0.25, 0.3) is 0 Å². The lowest BCUT2D eigenvalue weighted by Crippen LogP contribution is -2.61.